The molecule has 1 aromatic carbocycles. The number of hydrogen-bond donors (Lipinski definition) is 1. The largest absolute Gasteiger partial charge is 0.494 e. The van der Waals surface area contributed by atoms with Crippen molar-refractivity contribution in [1.82, 2.24) is 5.32 Å². The molecule has 1 aliphatic heterocycles. The first-order valence-corrected chi connectivity index (χ1v) is 6.87. The molecule has 2 rings (SSSR count). The second kappa shape index (κ2) is 5.94. The van der Waals surface area contributed by atoms with E-state index in [1.165, 1.54) is 0 Å². The summed E-state index contributed by atoms with van der Waals surface area (Å²) in [6.45, 7) is 6.37. The van der Waals surface area contributed by atoms with E-state index < -0.39 is 6.04 Å². The highest BCUT2D eigenvalue weighted by Gasteiger charge is 2.37. The van der Waals surface area contributed by atoms with Gasteiger partial charge in [0, 0.05) is 11.8 Å². The van der Waals surface area contributed by atoms with Gasteiger partial charge >= 0.3 is 0 Å². The van der Waals surface area contributed by atoms with Gasteiger partial charge in [0.2, 0.25) is 11.8 Å². The zero-order valence-electron chi connectivity index (χ0n) is 12.1. The van der Waals surface area contributed by atoms with Crippen LogP contribution in [0.4, 0.5) is 5.69 Å². The maximum Gasteiger partial charge on any atom is 0.247 e. The molecule has 2 amide bonds. The Kier molecular flexibility index (Phi) is 4.27. The van der Waals surface area contributed by atoms with Crippen LogP contribution in [-0.4, -0.2) is 31.0 Å². The molecule has 0 radical (unpaired) electrons. The van der Waals surface area contributed by atoms with Crippen molar-refractivity contribution in [2.24, 2.45) is 5.92 Å². The van der Waals surface area contributed by atoms with Crippen molar-refractivity contribution in [2.45, 2.75) is 26.8 Å². The highest BCUT2D eigenvalue weighted by Crippen LogP contribution is 2.27. The summed E-state index contributed by atoms with van der Waals surface area (Å²) >= 11 is 0. The van der Waals surface area contributed by atoms with Gasteiger partial charge in [-0.25, -0.2) is 0 Å². The van der Waals surface area contributed by atoms with Gasteiger partial charge in [0.1, 0.15) is 11.8 Å². The molecule has 1 atom stereocenters. The fraction of sp³-hybridized carbons (Fsp3) is 0.467. The third-order valence-electron chi connectivity index (χ3n) is 3.27. The van der Waals surface area contributed by atoms with E-state index in [4.69, 9.17) is 4.74 Å². The van der Waals surface area contributed by atoms with Crippen molar-refractivity contribution in [2.75, 3.05) is 18.1 Å². The molecule has 1 heterocycles. The molecular formula is C15H20N2O3. The maximum absolute atomic E-state index is 12.2. The molecule has 1 unspecified atom stereocenters. The fourth-order valence-electron chi connectivity index (χ4n) is 2.42. The molecule has 0 spiro atoms. The van der Waals surface area contributed by atoms with Gasteiger partial charge in [-0.15, -0.1) is 0 Å². The molecule has 0 bridgehead atoms. The number of carbonyl (C=O) groups excluding carboxylic acids is 2. The third-order valence-corrected chi connectivity index (χ3v) is 3.27. The molecule has 0 saturated carbocycles. The zero-order chi connectivity index (χ0) is 14.7. The van der Waals surface area contributed by atoms with Gasteiger partial charge in [0.25, 0.3) is 0 Å². The Morgan fingerprint density at radius 1 is 1.40 bits per heavy atom. The summed E-state index contributed by atoms with van der Waals surface area (Å²) in [6.07, 6.45) is 0. The highest BCUT2D eigenvalue weighted by atomic mass is 16.5. The molecule has 1 fully saturated rings. The van der Waals surface area contributed by atoms with Gasteiger partial charge in [-0.3, -0.25) is 14.5 Å². The quantitative estimate of drug-likeness (QED) is 0.908. The first-order chi connectivity index (χ1) is 9.54. The average Bonchev–Trinajstić information content (AvgIpc) is 2.41. The summed E-state index contributed by atoms with van der Waals surface area (Å²) < 4.78 is 5.46. The van der Waals surface area contributed by atoms with Crippen LogP contribution in [0.2, 0.25) is 0 Å². The van der Waals surface area contributed by atoms with Crippen LogP contribution < -0.4 is 15.0 Å². The van der Waals surface area contributed by atoms with Crippen molar-refractivity contribution >= 4 is 17.5 Å². The minimum absolute atomic E-state index is 0.0370. The SMILES string of the molecule is CCOc1cccc(N2C(=O)CNC(=O)C2C(C)C)c1. The predicted octanol–water partition coefficient (Wildman–Crippen LogP) is 1.57. The Bertz CT molecular complexity index is 514. The summed E-state index contributed by atoms with van der Waals surface area (Å²) in [6, 6.07) is 6.82. The molecule has 108 valence electrons. The smallest absolute Gasteiger partial charge is 0.247 e. The number of benzene rings is 1. The van der Waals surface area contributed by atoms with Gasteiger partial charge in [-0.05, 0) is 25.0 Å². The Balaban J connectivity index is 2.38. The lowest BCUT2D eigenvalue weighted by atomic mass is 9.98. The van der Waals surface area contributed by atoms with E-state index in [0.29, 0.717) is 18.0 Å². The Labute approximate surface area is 118 Å². The van der Waals surface area contributed by atoms with Crippen LogP contribution >= 0.6 is 0 Å². The predicted molar refractivity (Wildman–Crippen MR) is 76.7 cm³/mol. The third kappa shape index (κ3) is 2.76. The van der Waals surface area contributed by atoms with Gasteiger partial charge in [0.05, 0.1) is 13.2 Å². The normalized spacial score (nSPS) is 19.2. The van der Waals surface area contributed by atoms with Gasteiger partial charge in [-0.1, -0.05) is 19.9 Å². The summed E-state index contributed by atoms with van der Waals surface area (Å²) in [4.78, 5) is 25.8. The monoisotopic (exact) mass is 276 g/mol. The van der Waals surface area contributed by atoms with Crippen LogP contribution in [0.3, 0.4) is 0 Å². The Hall–Kier alpha value is -2.04. The minimum Gasteiger partial charge on any atom is -0.494 e. The van der Waals surface area contributed by atoms with Crippen molar-refractivity contribution in [3.63, 3.8) is 0 Å². The van der Waals surface area contributed by atoms with Crippen molar-refractivity contribution in [3.8, 4) is 5.75 Å². The van der Waals surface area contributed by atoms with E-state index in [9.17, 15) is 9.59 Å². The first kappa shape index (κ1) is 14.4. The zero-order valence-corrected chi connectivity index (χ0v) is 12.1. The summed E-state index contributed by atoms with van der Waals surface area (Å²) in [5.41, 5.74) is 0.703. The van der Waals surface area contributed by atoms with Crippen LogP contribution in [0.1, 0.15) is 20.8 Å². The molecule has 5 nitrogen and oxygen atoms in total. The van der Waals surface area contributed by atoms with E-state index in [0.717, 1.165) is 0 Å². The number of nitrogens with one attached hydrogen (secondary N) is 1. The number of carbonyl (C=O) groups is 2. The van der Waals surface area contributed by atoms with Crippen LogP contribution in [-0.2, 0) is 9.59 Å². The molecule has 1 aliphatic rings. The molecule has 5 heteroatoms. The number of amides is 2. The molecule has 1 aromatic rings. The molecule has 20 heavy (non-hydrogen) atoms. The van der Waals surface area contributed by atoms with Crippen LogP contribution in [0.25, 0.3) is 0 Å². The summed E-state index contributed by atoms with van der Waals surface area (Å²) in [5.74, 6) is 0.527. The molecular weight excluding hydrogens is 256 g/mol. The Morgan fingerprint density at radius 3 is 2.80 bits per heavy atom. The maximum atomic E-state index is 12.2. The number of anilines is 1. The van der Waals surface area contributed by atoms with Crippen LogP contribution in [0.5, 0.6) is 5.75 Å². The Morgan fingerprint density at radius 2 is 2.15 bits per heavy atom. The second-order valence-electron chi connectivity index (χ2n) is 5.10. The van der Waals surface area contributed by atoms with E-state index in [-0.39, 0.29) is 24.3 Å². The number of rotatable bonds is 4. The van der Waals surface area contributed by atoms with Gasteiger partial charge < -0.3 is 10.1 Å². The van der Waals surface area contributed by atoms with E-state index in [2.05, 4.69) is 5.32 Å². The van der Waals surface area contributed by atoms with E-state index in [1.807, 2.05) is 39.0 Å². The van der Waals surface area contributed by atoms with E-state index >= 15 is 0 Å². The van der Waals surface area contributed by atoms with Gasteiger partial charge in [-0.2, -0.15) is 0 Å². The van der Waals surface area contributed by atoms with Crippen molar-refractivity contribution in [1.29, 1.82) is 0 Å². The minimum atomic E-state index is -0.479. The fourth-order valence-corrected chi connectivity index (χ4v) is 2.42. The lowest BCUT2D eigenvalue weighted by Crippen LogP contribution is -2.60. The van der Waals surface area contributed by atoms with Gasteiger partial charge in [0.15, 0.2) is 0 Å². The number of piperazine rings is 1. The van der Waals surface area contributed by atoms with E-state index in [1.54, 1.807) is 11.0 Å². The molecule has 0 aliphatic carbocycles. The van der Waals surface area contributed by atoms with Crippen molar-refractivity contribution < 1.29 is 14.3 Å². The topological polar surface area (TPSA) is 58.6 Å². The van der Waals surface area contributed by atoms with Crippen LogP contribution in [0, 0.1) is 5.92 Å². The number of ether oxygens (including phenoxy) is 1. The molecule has 1 saturated heterocycles. The standard InChI is InChI=1S/C15H20N2O3/c1-4-20-12-7-5-6-11(8-12)17-13(18)9-16-15(19)14(17)10(2)3/h5-8,10,14H,4,9H2,1-3H3,(H,16,19). The number of hydrogen-bond acceptors (Lipinski definition) is 3. The lowest BCUT2D eigenvalue weighted by Gasteiger charge is -2.37. The summed E-state index contributed by atoms with van der Waals surface area (Å²) in [7, 11) is 0. The van der Waals surface area contributed by atoms with Crippen LogP contribution in [0.15, 0.2) is 24.3 Å². The first-order valence-electron chi connectivity index (χ1n) is 6.87. The summed E-state index contributed by atoms with van der Waals surface area (Å²) in [5, 5.41) is 2.64. The number of nitrogens with zero attached hydrogens (tertiary/aromatic N) is 1. The highest BCUT2D eigenvalue weighted by molar-refractivity contribution is 6.06. The molecule has 1 N–H and O–H groups in total. The average molecular weight is 276 g/mol. The van der Waals surface area contributed by atoms with Crippen molar-refractivity contribution in [3.05, 3.63) is 24.3 Å². The molecule has 0 aromatic heterocycles. The second-order valence-corrected chi connectivity index (χ2v) is 5.10. The lowest BCUT2D eigenvalue weighted by molar-refractivity contribution is -0.131.